The van der Waals surface area contributed by atoms with Gasteiger partial charge < -0.3 is 5.11 Å². The smallest absolute Gasteiger partial charge is 0.0847 e. The lowest BCUT2D eigenvalue weighted by molar-refractivity contribution is 0.193. The summed E-state index contributed by atoms with van der Waals surface area (Å²) < 4.78 is 0. The van der Waals surface area contributed by atoms with E-state index in [1.807, 2.05) is 44.2 Å². The van der Waals surface area contributed by atoms with Gasteiger partial charge in [-0.25, -0.2) is 0 Å². The van der Waals surface area contributed by atoms with Crippen LogP contribution in [0.5, 0.6) is 0 Å². The molecule has 0 amide bonds. The number of benzene rings is 1. The van der Waals surface area contributed by atoms with E-state index in [0.717, 1.165) is 11.5 Å². The Morgan fingerprint density at radius 2 is 1.73 bits per heavy atom. The van der Waals surface area contributed by atoms with E-state index in [4.69, 9.17) is 0 Å². The molecular weight excluding hydrogens is 136 g/mol. The third-order valence-electron chi connectivity index (χ3n) is 1.66. The van der Waals surface area contributed by atoms with Crippen molar-refractivity contribution in [2.24, 2.45) is 0 Å². The van der Waals surface area contributed by atoms with Crippen molar-refractivity contribution in [3.63, 3.8) is 0 Å². The van der Waals surface area contributed by atoms with Gasteiger partial charge >= 0.3 is 0 Å². The topological polar surface area (TPSA) is 20.2 Å². The van der Waals surface area contributed by atoms with E-state index in [1.54, 1.807) is 0 Å². The molecule has 0 aromatic heterocycles. The summed E-state index contributed by atoms with van der Waals surface area (Å²) in [5, 5.41) is 9.56. The highest BCUT2D eigenvalue weighted by Crippen LogP contribution is 2.21. The van der Waals surface area contributed by atoms with Gasteiger partial charge in [-0.2, -0.15) is 0 Å². The molecule has 0 bridgehead atoms. The Labute approximate surface area is 67.7 Å². The minimum Gasteiger partial charge on any atom is -0.388 e. The lowest BCUT2D eigenvalue weighted by Crippen LogP contribution is -2.02. The van der Waals surface area contributed by atoms with Gasteiger partial charge in [0.1, 0.15) is 0 Å². The summed E-state index contributed by atoms with van der Waals surface area (Å²) in [6.07, 6.45) is -0.406. The van der Waals surface area contributed by atoms with Crippen LogP contribution >= 0.6 is 0 Å². The molecule has 1 radical (unpaired) electrons. The van der Waals surface area contributed by atoms with Gasteiger partial charge in [0.2, 0.25) is 0 Å². The van der Waals surface area contributed by atoms with Crippen molar-refractivity contribution in [2.75, 3.05) is 0 Å². The maximum absolute atomic E-state index is 9.56. The van der Waals surface area contributed by atoms with Crippen molar-refractivity contribution < 1.29 is 5.11 Å². The summed E-state index contributed by atoms with van der Waals surface area (Å²) in [5.41, 5.74) is 0.965. The van der Waals surface area contributed by atoms with E-state index in [0.29, 0.717) is 0 Å². The van der Waals surface area contributed by atoms with Crippen molar-refractivity contribution in [1.82, 2.24) is 0 Å². The van der Waals surface area contributed by atoms with Crippen LogP contribution in [0.15, 0.2) is 30.3 Å². The molecule has 0 aliphatic carbocycles. The van der Waals surface area contributed by atoms with Crippen LogP contribution in [0, 0.1) is 5.92 Å². The molecule has 11 heavy (non-hydrogen) atoms. The molecule has 0 heterocycles. The van der Waals surface area contributed by atoms with E-state index in [9.17, 15) is 5.11 Å². The van der Waals surface area contributed by atoms with E-state index >= 15 is 0 Å². The Morgan fingerprint density at radius 1 is 1.18 bits per heavy atom. The third-order valence-corrected chi connectivity index (χ3v) is 1.66. The second-order valence-corrected chi connectivity index (χ2v) is 2.89. The van der Waals surface area contributed by atoms with Gasteiger partial charge in [0, 0.05) is 5.92 Å². The molecule has 1 heteroatoms. The highest BCUT2D eigenvalue weighted by molar-refractivity contribution is 5.21. The van der Waals surface area contributed by atoms with Crippen LogP contribution in [0.4, 0.5) is 0 Å². The monoisotopic (exact) mass is 149 g/mol. The second-order valence-electron chi connectivity index (χ2n) is 2.89. The normalized spacial score (nSPS) is 13.5. The fourth-order valence-electron chi connectivity index (χ4n) is 0.969. The maximum atomic E-state index is 9.56. The predicted molar refractivity (Wildman–Crippen MR) is 46.0 cm³/mol. The molecule has 0 aliphatic heterocycles. The average Bonchev–Trinajstić information content (AvgIpc) is 2.05. The van der Waals surface area contributed by atoms with Crippen LogP contribution in [0.1, 0.15) is 25.5 Å². The number of aliphatic hydroxyl groups is 1. The average molecular weight is 149 g/mol. The zero-order valence-electron chi connectivity index (χ0n) is 6.91. The molecule has 1 nitrogen and oxygen atoms in total. The Hall–Kier alpha value is -0.820. The Morgan fingerprint density at radius 3 is 2.18 bits per heavy atom. The Bertz CT molecular complexity index is 203. The molecule has 59 valence electrons. The van der Waals surface area contributed by atoms with Crippen LogP contribution in [-0.4, -0.2) is 5.11 Å². The van der Waals surface area contributed by atoms with Gasteiger partial charge in [0.15, 0.2) is 0 Å². The van der Waals surface area contributed by atoms with E-state index in [1.165, 1.54) is 0 Å². The molecule has 1 N–H and O–H groups in total. The van der Waals surface area contributed by atoms with Gasteiger partial charge in [-0.3, -0.25) is 0 Å². The first-order chi connectivity index (χ1) is 5.22. The highest BCUT2D eigenvalue weighted by Gasteiger charge is 2.10. The van der Waals surface area contributed by atoms with Crippen molar-refractivity contribution in [2.45, 2.75) is 20.0 Å². The lowest BCUT2D eigenvalue weighted by Gasteiger charge is -2.13. The molecule has 0 saturated carbocycles. The fourth-order valence-corrected chi connectivity index (χ4v) is 0.969. The van der Waals surface area contributed by atoms with Crippen LogP contribution in [0.2, 0.25) is 0 Å². The van der Waals surface area contributed by atoms with Gasteiger partial charge in [0.25, 0.3) is 0 Å². The Balaban J connectivity index is 2.77. The third kappa shape index (κ3) is 2.05. The molecule has 0 saturated heterocycles. The summed E-state index contributed by atoms with van der Waals surface area (Å²) >= 11 is 0. The van der Waals surface area contributed by atoms with E-state index in [2.05, 4.69) is 0 Å². The number of aliphatic hydroxyl groups excluding tert-OH is 1. The summed E-state index contributed by atoms with van der Waals surface area (Å²) in [7, 11) is 0. The van der Waals surface area contributed by atoms with Gasteiger partial charge in [-0.1, -0.05) is 44.2 Å². The molecule has 0 aliphatic rings. The summed E-state index contributed by atoms with van der Waals surface area (Å²) in [4.78, 5) is 0. The van der Waals surface area contributed by atoms with Crippen LogP contribution in [0.3, 0.4) is 0 Å². The molecule has 0 fully saturated rings. The minimum absolute atomic E-state index is 0.406. The SMILES string of the molecule is C[C](C)C(O)c1ccccc1. The number of rotatable bonds is 2. The maximum Gasteiger partial charge on any atom is 0.0847 e. The second kappa shape index (κ2) is 3.54. The summed E-state index contributed by atoms with van der Waals surface area (Å²) in [6.45, 7) is 3.86. The molecule has 1 aromatic carbocycles. The van der Waals surface area contributed by atoms with Crippen LogP contribution < -0.4 is 0 Å². The first-order valence-corrected chi connectivity index (χ1v) is 3.75. The quantitative estimate of drug-likeness (QED) is 0.684. The van der Waals surface area contributed by atoms with Crippen LogP contribution in [0.25, 0.3) is 0 Å². The molecule has 1 atom stereocenters. The first kappa shape index (κ1) is 8.28. The van der Waals surface area contributed by atoms with Gasteiger partial charge in [-0.15, -0.1) is 0 Å². The van der Waals surface area contributed by atoms with Crippen molar-refractivity contribution >= 4 is 0 Å². The highest BCUT2D eigenvalue weighted by atomic mass is 16.3. The standard InChI is InChI=1S/C10H13O/c1-8(2)10(11)9-6-4-3-5-7-9/h3-7,10-11H,1-2H3. The fraction of sp³-hybridized carbons (Fsp3) is 0.300. The molecule has 1 rings (SSSR count). The van der Waals surface area contributed by atoms with Crippen LogP contribution in [-0.2, 0) is 0 Å². The zero-order chi connectivity index (χ0) is 8.27. The molecule has 0 spiro atoms. The minimum atomic E-state index is -0.406. The molecule has 1 unspecified atom stereocenters. The van der Waals surface area contributed by atoms with Gasteiger partial charge in [0.05, 0.1) is 6.10 Å². The molecular formula is C10H13O. The Kier molecular flexibility index (Phi) is 2.66. The van der Waals surface area contributed by atoms with Gasteiger partial charge in [-0.05, 0) is 5.56 Å². The first-order valence-electron chi connectivity index (χ1n) is 3.75. The largest absolute Gasteiger partial charge is 0.388 e. The summed E-state index contributed by atoms with van der Waals surface area (Å²) in [5.74, 6) is 1.02. The van der Waals surface area contributed by atoms with Crippen molar-refractivity contribution in [3.05, 3.63) is 41.8 Å². The molecule has 1 aromatic rings. The van der Waals surface area contributed by atoms with Crippen molar-refractivity contribution in [1.29, 1.82) is 0 Å². The van der Waals surface area contributed by atoms with E-state index < -0.39 is 6.10 Å². The van der Waals surface area contributed by atoms with Crippen molar-refractivity contribution in [3.8, 4) is 0 Å². The van der Waals surface area contributed by atoms with E-state index in [-0.39, 0.29) is 0 Å². The summed E-state index contributed by atoms with van der Waals surface area (Å²) in [6, 6.07) is 9.67. The predicted octanol–water partition coefficient (Wildman–Crippen LogP) is 2.33. The lowest BCUT2D eigenvalue weighted by atomic mass is 10.00. The number of hydrogen-bond acceptors (Lipinski definition) is 1. The zero-order valence-corrected chi connectivity index (χ0v) is 6.91. The number of hydrogen-bond donors (Lipinski definition) is 1.